The molecule has 1 N–H and O–H groups in total. The summed E-state index contributed by atoms with van der Waals surface area (Å²) in [4.78, 5) is 15.5. The van der Waals surface area contributed by atoms with E-state index in [-0.39, 0.29) is 5.01 Å². The molecule has 0 aromatic carbocycles. The van der Waals surface area contributed by atoms with Crippen molar-refractivity contribution in [3.05, 3.63) is 16.1 Å². The minimum Gasteiger partial charge on any atom is -0.476 e. The smallest absolute Gasteiger partial charge is 0.365 e. The van der Waals surface area contributed by atoms with E-state index in [9.17, 15) is 4.79 Å². The van der Waals surface area contributed by atoms with Crippen LogP contribution in [0.25, 0.3) is 0 Å². The lowest BCUT2D eigenvalue weighted by Crippen LogP contribution is -2.14. The van der Waals surface area contributed by atoms with Crippen LogP contribution in [0.3, 0.4) is 0 Å². The van der Waals surface area contributed by atoms with Crippen molar-refractivity contribution in [2.75, 3.05) is 13.2 Å². The van der Waals surface area contributed by atoms with Gasteiger partial charge in [0.15, 0.2) is 0 Å². The highest BCUT2D eigenvalue weighted by atomic mass is 32.1. The number of rotatable bonds is 2. The number of carboxylic acid groups (broad SMARTS) is 1. The first-order valence-electron chi connectivity index (χ1n) is 4.54. The van der Waals surface area contributed by atoms with Gasteiger partial charge in [0.25, 0.3) is 0 Å². The first-order chi connectivity index (χ1) is 6.77. The first kappa shape index (κ1) is 9.61. The van der Waals surface area contributed by atoms with Crippen molar-refractivity contribution >= 4 is 17.3 Å². The average Bonchev–Trinajstić information content (AvgIpc) is 2.68. The Hall–Kier alpha value is -0.940. The van der Waals surface area contributed by atoms with Crippen molar-refractivity contribution < 1.29 is 14.6 Å². The molecule has 0 amide bonds. The zero-order valence-electron chi connectivity index (χ0n) is 7.60. The molecular weight excluding hydrogens is 202 g/mol. The van der Waals surface area contributed by atoms with Crippen molar-refractivity contribution in [2.45, 2.75) is 18.8 Å². The molecule has 0 saturated carbocycles. The van der Waals surface area contributed by atoms with Gasteiger partial charge in [0.1, 0.15) is 0 Å². The van der Waals surface area contributed by atoms with Gasteiger partial charge in [-0.25, -0.2) is 9.78 Å². The minimum absolute atomic E-state index is 0.172. The molecule has 1 atom stereocenters. The maximum absolute atomic E-state index is 10.6. The summed E-state index contributed by atoms with van der Waals surface area (Å²) in [6.07, 6.45) is 3.78. The summed E-state index contributed by atoms with van der Waals surface area (Å²) in [5.74, 6) is -0.604. The van der Waals surface area contributed by atoms with Crippen molar-refractivity contribution in [2.24, 2.45) is 0 Å². The predicted molar refractivity (Wildman–Crippen MR) is 51.9 cm³/mol. The van der Waals surface area contributed by atoms with Gasteiger partial charge in [-0.3, -0.25) is 0 Å². The Labute approximate surface area is 85.5 Å². The fraction of sp³-hybridized carbons (Fsp3) is 0.556. The van der Waals surface area contributed by atoms with Crippen LogP contribution in [0.2, 0.25) is 0 Å². The third kappa shape index (κ3) is 1.93. The molecule has 0 radical (unpaired) electrons. The van der Waals surface area contributed by atoms with E-state index in [2.05, 4.69) is 4.98 Å². The molecule has 14 heavy (non-hydrogen) atoms. The number of aromatic nitrogens is 1. The molecule has 5 heteroatoms. The molecule has 0 spiro atoms. The van der Waals surface area contributed by atoms with E-state index in [4.69, 9.17) is 9.84 Å². The summed E-state index contributed by atoms with van der Waals surface area (Å²) < 4.78 is 5.34. The zero-order chi connectivity index (χ0) is 9.97. The van der Waals surface area contributed by atoms with Crippen LogP contribution in [0, 0.1) is 0 Å². The van der Waals surface area contributed by atoms with Gasteiger partial charge in [0.2, 0.25) is 5.01 Å². The molecule has 1 aromatic rings. The third-order valence-corrected chi connectivity index (χ3v) is 3.42. The van der Waals surface area contributed by atoms with E-state index in [1.54, 1.807) is 6.20 Å². The number of ether oxygens (including phenoxy) is 1. The maximum atomic E-state index is 10.6. The van der Waals surface area contributed by atoms with E-state index in [1.165, 1.54) is 11.3 Å². The van der Waals surface area contributed by atoms with Crippen molar-refractivity contribution in [1.29, 1.82) is 0 Å². The van der Waals surface area contributed by atoms with Gasteiger partial charge < -0.3 is 9.84 Å². The Morgan fingerprint density at radius 3 is 3.14 bits per heavy atom. The number of hydrogen-bond acceptors (Lipinski definition) is 4. The van der Waals surface area contributed by atoms with Crippen LogP contribution >= 0.6 is 11.3 Å². The molecule has 2 rings (SSSR count). The number of aromatic carboxylic acids is 1. The van der Waals surface area contributed by atoms with Gasteiger partial charge in [-0.2, -0.15) is 0 Å². The summed E-state index contributed by atoms with van der Waals surface area (Å²) in [6.45, 7) is 1.52. The Balaban J connectivity index is 2.11. The van der Waals surface area contributed by atoms with E-state index in [0.717, 1.165) is 24.3 Å². The second-order valence-corrected chi connectivity index (χ2v) is 4.35. The van der Waals surface area contributed by atoms with E-state index in [1.807, 2.05) is 0 Å². The van der Waals surface area contributed by atoms with Gasteiger partial charge in [0.05, 0.1) is 6.61 Å². The highest BCUT2D eigenvalue weighted by Gasteiger charge is 2.19. The summed E-state index contributed by atoms with van der Waals surface area (Å²) in [7, 11) is 0. The zero-order valence-corrected chi connectivity index (χ0v) is 8.42. The number of thiazole rings is 1. The molecule has 1 saturated heterocycles. The number of carbonyl (C=O) groups is 1. The largest absolute Gasteiger partial charge is 0.476 e. The molecule has 2 heterocycles. The normalized spacial score (nSPS) is 22.1. The molecule has 1 aromatic heterocycles. The van der Waals surface area contributed by atoms with Crippen LogP contribution in [0.5, 0.6) is 0 Å². The standard InChI is InChI=1S/C9H11NO3S/c11-9(12)8-10-4-7(14-8)6-2-1-3-13-5-6/h4,6H,1-3,5H2,(H,11,12). The molecule has 1 fully saturated rings. The van der Waals surface area contributed by atoms with E-state index in [0.29, 0.717) is 12.5 Å². The second kappa shape index (κ2) is 4.06. The molecule has 1 aliphatic rings. The van der Waals surface area contributed by atoms with E-state index >= 15 is 0 Å². The maximum Gasteiger partial charge on any atom is 0.365 e. The quantitative estimate of drug-likeness (QED) is 0.812. The summed E-state index contributed by atoms with van der Waals surface area (Å²) >= 11 is 1.26. The SMILES string of the molecule is O=C(O)c1ncc(C2CCCOC2)s1. The summed E-state index contributed by atoms with van der Waals surface area (Å²) in [5, 5.41) is 8.89. The van der Waals surface area contributed by atoms with Gasteiger partial charge >= 0.3 is 5.97 Å². The van der Waals surface area contributed by atoms with Crippen LogP contribution in [0.1, 0.15) is 33.4 Å². The molecule has 1 unspecified atom stereocenters. The molecule has 0 bridgehead atoms. The molecule has 76 valence electrons. The minimum atomic E-state index is -0.946. The lowest BCUT2D eigenvalue weighted by atomic mass is 10.0. The fourth-order valence-corrected chi connectivity index (χ4v) is 2.41. The lowest BCUT2D eigenvalue weighted by Gasteiger charge is -2.20. The fourth-order valence-electron chi connectivity index (χ4n) is 1.54. The van der Waals surface area contributed by atoms with Crippen LogP contribution in [0.4, 0.5) is 0 Å². The Bertz CT molecular complexity index is 331. The summed E-state index contributed by atoms with van der Waals surface area (Å²) in [5.41, 5.74) is 0. The lowest BCUT2D eigenvalue weighted by molar-refractivity contribution is 0.0696. The first-order valence-corrected chi connectivity index (χ1v) is 5.36. The average molecular weight is 213 g/mol. The van der Waals surface area contributed by atoms with Crippen LogP contribution in [-0.2, 0) is 4.74 Å². The Kier molecular flexibility index (Phi) is 2.79. The Morgan fingerprint density at radius 1 is 1.71 bits per heavy atom. The van der Waals surface area contributed by atoms with Crippen LogP contribution in [-0.4, -0.2) is 29.3 Å². The molecule has 1 aliphatic heterocycles. The molecule has 4 nitrogen and oxygen atoms in total. The molecular formula is C9H11NO3S. The van der Waals surface area contributed by atoms with Gasteiger partial charge in [-0.15, -0.1) is 11.3 Å². The predicted octanol–water partition coefficient (Wildman–Crippen LogP) is 1.74. The second-order valence-electron chi connectivity index (χ2n) is 3.29. The van der Waals surface area contributed by atoms with Crippen LogP contribution in [0.15, 0.2) is 6.20 Å². The monoisotopic (exact) mass is 213 g/mol. The van der Waals surface area contributed by atoms with Gasteiger partial charge in [-0.05, 0) is 12.8 Å². The van der Waals surface area contributed by atoms with Gasteiger partial charge in [0, 0.05) is 23.6 Å². The van der Waals surface area contributed by atoms with Crippen LogP contribution < -0.4 is 0 Å². The van der Waals surface area contributed by atoms with Crippen molar-refractivity contribution in [3.8, 4) is 0 Å². The summed E-state index contributed by atoms with van der Waals surface area (Å²) in [6, 6.07) is 0. The third-order valence-electron chi connectivity index (χ3n) is 2.27. The number of hydrogen-bond donors (Lipinski definition) is 1. The van der Waals surface area contributed by atoms with E-state index < -0.39 is 5.97 Å². The van der Waals surface area contributed by atoms with Gasteiger partial charge in [-0.1, -0.05) is 0 Å². The highest BCUT2D eigenvalue weighted by molar-refractivity contribution is 7.13. The van der Waals surface area contributed by atoms with Crippen molar-refractivity contribution in [1.82, 2.24) is 4.98 Å². The molecule has 0 aliphatic carbocycles. The number of nitrogens with zero attached hydrogens (tertiary/aromatic N) is 1. The number of carboxylic acids is 1. The Morgan fingerprint density at radius 2 is 2.57 bits per heavy atom. The highest BCUT2D eigenvalue weighted by Crippen LogP contribution is 2.29. The topological polar surface area (TPSA) is 59.4 Å². The van der Waals surface area contributed by atoms with Crippen molar-refractivity contribution in [3.63, 3.8) is 0 Å².